The molecule has 0 spiro atoms. The molecule has 3 aromatic carbocycles. The van der Waals surface area contributed by atoms with E-state index in [1.165, 1.54) is 5.56 Å². The fraction of sp³-hybridized carbons (Fsp3) is 0.111. The van der Waals surface area contributed by atoms with Gasteiger partial charge < -0.3 is 9.47 Å². The van der Waals surface area contributed by atoms with Crippen molar-refractivity contribution in [3.63, 3.8) is 0 Å². The molecule has 0 aliphatic heterocycles. The fourth-order valence-corrected chi connectivity index (χ4v) is 2.98. The van der Waals surface area contributed by atoms with Crippen molar-refractivity contribution >= 4 is 12.2 Å². The topological polar surface area (TPSA) is 44.2 Å². The number of nitrogens with zero attached hydrogens (tertiary/aromatic N) is 2. The molecule has 4 aromatic rings. The van der Waals surface area contributed by atoms with Crippen LogP contribution in [0.3, 0.4) is 0 Å². The van der Waals surface area contributed by atoms with Gasteiger partial charge in [0.2, 0.25) is 0 Å². The summed E-state index contributed by atoms with van der Waals surface area (Å²) in [4.78, 5) is 0. The van der Waals surface area contributed by atoms with Gasteiger partial charge in [-0.05, 0) is 29.7 Å². The molecule has 4 nitrogen and oxygen atoms in total. The lowest BCUT2D eigenvalue weighted by molar-refractivity contribution is 0.244. The third-order valence-corrected chi connectivity index (χ3v) is 4.73. The summed E-state index contributed by atoms with van der Waals surface area (Å²) in [7, 11) is 0. The van der Waals surface area contributed by atoms with Crippen LogP contribution in [0.15, 0.2) is 91.0 Å². The van der Waals surface area contributed by atoms with Crippen molar-refractivity contribution in [2.45, 2.75) is 20.1 Å². The van der Waals surface area contributed by atoms with E-state index in [9.17, 15) is 0 Å². The highest BCUT2D eigenvalue weighted by atomic mass is 16.5. The van der Waals surface area contributed by atoms with Gasteiger partial charge in [-0.15, -0.1) is 10.2 Å². The van der Waals surface area contributed by atoms with E-state index in [4.69, 9.17) is 9.47 Å². The molecular weight excluding hydrogens is 384 g/mol. The highest BCUT2D eigenvalue weighted by Crippen LogP contribution is 2.27. The van der Waals surface area contributed by atoms with E-state index in [0.29, 0.717) is 30.5 Å². The van der Waals surface area contributed by atoms with Gasteiger partial charge in [0.1, 0.15) is 13.2 Å². The maximum atomic E-state index is 6.06. The number of aromatic nitrogens is 2. The van der Waals surface area contributed by atoms with E-state index in [1.807, 2.05) is 78.9 Å². The first-order valence-corrected chi connectivity index (χ1v) is 10.2. The smallest absolute Gasteiger partial charge is 0.276 e. The van der Waals surface area contributed by atoms with Crippen LogP contribution in [-0.2, 0) is 13.2 Å². The van der Waals surface area contributed by atoms with Gasteiger partial charge >= 0.3 is 0 Å². The molecule has 0 aliphatic rings. The zero-order valence-corrected chi connectivity index (χ0v) is 17.4. The molecule has 0 unspecified atom stereocenters. The summed E-state index contributed by atoms with van der Waals surface area (Å²) < 4.78 is 12.0. The second-order valence-corrected chi connectivity index (χ2v) is 7.23. The van der Waals surface area contributed by atoms with Crippen LogP contribution in [0, 0.1) is 6.92 Å². The summed E-state index contributed by atoms with van der Waals surface area (Å²) >= 11 is 0. The molecule has 0 amide bonds. The minimum atomic E-state index is 0.382. The van der Waals surface area contributed by atoms with E-state index in [-0.39, 0.29) is 0 Å². The maximum Gasteiger partial charge on any atom is 0.276 e. The molecule has 154 valence electrons. The molecule has 4 rings (SSSR count). The largest absolute Gasteiger partial charge is 0.483 e. The van der Waals surface area contributed by atoms with Gasteiger partial charge in [-0.3, -0.25) is 0 Å². The average Bonchev–Trinajstić information content (AvgIpc) is 2.83. The van der Waals surface area contributed by atoms with E-state index < -0.39 is 0 Å². The predicted octanol–water partition coefficient (Wildman–Crippen LogP) is 6.11. The molecule has 0 atom stereocenters. The minimum Gasteiger partial charge on any atom is -0.483 e. The second-order valence-electron chi connectivity index (χ2n) is 7.23. The third-order valence-electron chi connectivity index (χ3n) is 4.73. The lowest BCUT2D eigenvalue weighted by Gasteiger charge is -2.12. The zero-order chi connectivity index (χ0) is 21.3. The molecule has 4 heteroatoms. The molecule has 0 saturated heterocycles. The van der Waals surface area contributed by atoms with Crippen molar-refractivity contribution in [3.05, 3.63) is 119 Å². The monoisotopic (exact) mass is 408 g/mol. The van der Waals surface area contributed by atoms with Crippen molar-refractivity contribution in [1.29, 1.82) is 0 Å². The molecule has 0 aliphatic carbocycles. The number of benzene rings is 3. The van der Waals surface area contributed by atoms with Crippen molar-refractivity contribution in [2.75, 3.05) is 0 Å². The van der Waals surface area contributed by atoms with Crippen molar-refractivity contribution in [3.8, 4) is 11.6 Å². The minimum absolute atomic E-state index is 0.382. The quantitative estimate of drug-likeness (QED) is 0.353. The summed E-state index contributed by atoms with van der Waals surface area (Å²) in [6.45, 7) is 2.90. The molecule has 0 N–H and O–H groups in total. The van der Waals surface area contributed by atoms with Gasteiger partial charge in [-0.2, -0.15) is 0 Å². The van der Waals surface area contributed by atoms with Crippen molar-refractivity contribution in [1.82, 2.24) is 10.2 Å². The van der Waals surface area contributed by atoms with Crippen LogP contribution in [-0.4, -0.2) is 10.2 Å². The van der Waals surface area contributed by atoms with E-state index in [1.54, 1.807) is 0 Å². The Hall–Kier alpha value is -3.92. The molecule has 31 heavy (non-hydrogen) atoms. The molecule has 0 saturated carbocycles. The predicted molar refractivity (Wildman–Crippen MR) is 124 cm³/mol. The summed E-state index contributed by atoms with van der Waals surface area (Å²) in [5.74, 6) is 0.950. The Bertz CT molecular complexity index is 1130. The first kappa shape index (κ1) is 20.4. The van der Waals surface area contributed by atoms with Crippen LogP contribution in [0.4, 0.5) is 0 Å². The lowest BCUT2D eigenvalue weighted by atomic mass is 10.1. The Balaban J connectivity index is 1.53. The maximum absolute atomic E-state index is 6.06. The highest BCUT2D eigenvalue weighted by Gasteiger charge is 2.10. The van der Waals surface area contributed by atoms with Crippen LogP contribution >= 0.6 is 0 Å². The standard InChI is InChI=1S/C27H24N2O2/c1-21-12-14-22(15-13-21)16-17-25-18-26(30-19-23-8-4-2-5-9-23)27(29-28-25)31-20-24-10-6-3-7-11-24/h2-18H,19-20H2,1H3/b17-16+. The summed E-state index contributed by atoms with van der Waals surface area (Å²) in [6.07, 6.45) is 3.93. The average molecular weight is 409 g/mol. The lowest BCUT2D eigenvalue weighted by Crippen LogP contribution is -2.04. The number of rotatable bonds is 8. The Kier molecular flexibility index (Phi) is 6.71. The Labute approximate surface area is 182 Å². The van der Waals surface area contributed by atoms with Gasteiger partial charge in [0.05, 0.1) is 5.69 Å². The number of hydrogen-bond donors (Lipinski definition) is 0. The first-order valence-electron chi connectivity index (χ1n) is 10.2. The van der Waals surface area contributed by atoms with Crippen LogP contribution in [0.2, 0.25) is 0 Å². The van der Waals surface area contributed by atoms with Crippen LogP contribution in [0.25, 0.3) is 12.2 Å². The Morgan fingerprint density at radius 2 is 1.29 bits per heavy atom. The van der Waals surface area contributed by atoms with Gasteiger partial charge in [-0.25, -0.2) is 0 Å². The molecule has 0 radical (unpaired) electrons. The normalized spacial score (nSPS) is 10.9. The van der Waals surface area contributed by atoms with Gasteiger partial charge in [-0.1, -0.05) is 96.6 Å². The first-order chi connectivity index (χ1) is 15.3. The number of aryl methyl sites for hydroxylation is 1. The fourth-order valence-electron chi connectivity index (χ4n) is 2.98. The molecule has 0 fully saturated rings. The van der Waals surface area contributed by atoms with Gasteiger partial charge in [0.25, 0.3) is 5.88 Å². The molecule has 1 heterocycles. The molecule has 1 aromatic heterocycles. The Morgan fingerprint density at radius 3 is 1.94 bits per heavy atom. The zero-order valence-electron chi connectivity index (χ0n) is 17.4. The van der Waals surface area contributed by atoms with Crippen LogP contribution in [0.1, 0.15) is 27.9 Å². The number of hydrogen-bond acceptors (Lipinski definition) is 4. The Morgan fingerprint density at radius 1 is 0.677 bits per heavy atom. The van der Waals surface area contributed by atoms with Gasteiger partial charge in [0, 0.05) is 6.07 Å². The van der Waals surface area contributed by atoms with Crippen molar-refractivity contribution in [2.24, 2.45) is 0 Å². The SMILES string of the molecule is Cc1ccc(/C=C/c2cc(OCc3ccccc3)c(OCc3ccccc3)nn2)cc1. The molecular formula is C27H24N2O2. The van der Waals surface area contributed by atoms with Crippen molar-refractivity contribution < 1.29 is 9.47 Å². The molecule has 0 bridgehead atoms. The van der Waals surface area contributed by atoms with Gasteiger partial charge in [0.15, 0.2) is 5.75 Å². The van der Waals surface area contributed by atoms with Crippen LogP contribution < -0.4 is 9.47 Å². The highest BCUT2D eigenvalue weighted by molar-refractivity contribution is 5.68. The number of ether oxygens (including phenoxy) is 2. The van der Waals surface area contributed by atoms with Crippen LogP contribution in [0.5, 0.6) is 11.6 Å². The summed E-state index contributed by atoms with van der Waals surface area (Å²) in [5.41, 5.74) is 5.17. The van der Waals surface area contributed by atoms with E-state index in [2.05, 4.69) is 41.4 Å². The third kappa shape index (κ3) is 6.03. The second kappa shape index (κ2) is 10.2. The summed E-state index contributed by atoms with van der Waals surface area (Å²) in [6, 6.07) is 30.2. The summed E-state index contributed by atoms with van der Waals surface area (Å²) in [5, 5.41) is 8.58. The van der Waals surface area contributed by atoms with E-state index >= 15 is 0 Å². The van der Waals surface area contributed by atoms with E-state index in [0.717, 1.165) is 16.7 Å².